The van der Waals surface area contributed by atoms with Crippen molar-refractivity contribution in [2.24, 2.45) is 0 Å². The number of rotatable bonds is 0. The fourth-order valence-corrected chi connectivity index (χ4v) is 1.26. The quantitative estimate of drug-likeness (QED) is 0.662. The van der Waals surface area contributed by atoms with Gasteiger partial charge < -0.3 is 5.11 Å². The van der Waals surface area contributed by atoms with Crippen LogP contribution in [0.3, 0.4) is 0 Å². The van der Waals surface area contributed by atoms with Crippen LogP contribution in [0.5, 0.6) is 5.75 Å². The Hall–Kier alpha value is 0.0952. The Kier molecular flexibility index (Phi) is 4.34. The van der Waals surface area contributed by atoms with Gasteiger partial charge >= 0.3 is 58.2 Å². The molecular formula is C10H4F3ORb. The zero-order valence-corrected chi connectivity index (χ0v) is 12.7. The van der Waals surface area contributed by atoms with Gasteiger partial charge in [-0.1, -0.05) is 5.39 Å². The standard InChI is InChI=1S/C10H4F3O.Rb/c11-6-3-1-2-5-4-7(14)9(12)10(13)8(5)6;/h1-2,4,14H;/q-1;+1. The second-order valence-electron chi connectivity index (χ2n) is 2.78. The van der Waals surface area contributed by atoms with Crippen LogP contribution in [0, 0.1) is 23.5 Å². The van der Waals surface area contributed by atoms with E-state index in [1.54, 1.807) is 0 Å². The first-order valence-electron chi connectivity index (χ1n) is 3.78. The molecule has 0 amide bonds. The van der Waals surface area contributed by atoms with Crippen LogP contribution in [0.1, 0.15) is 0 Å². The SMILES string of the molecule is Oc1cc2cc[c-]c(F)c2c(F)c1F.[Rb+]. The van der Waals surface area contributed by atoms with Crippen molar-refractivity contribution >= 4 is 10.8 Å². The second-order valence-corrected chi connectivity index (χ2v) is 2.78. The van der Waals surface area contributed by atoms with Crippen LogP contribution in [0.15, 0.2) is 18.2 Å². The van der Waals surface area contributed by atoms with E-state index in [9.17, 15) is 13.2 Å². The molecule has 0 unspecified atom stereocenters. The molecule has 15 heavy (non-hydrogen) atoms. The summed E-state index contributed by atoms with van der Waals surface area (Å²) in [6.45, 7) is 0. The van der Waals surface area contributed by atoms with Gasteiger partial charge in [0.2, 0.25) is 0 Å². The monoisotopic (exact) mass is 282 g/mol. The predicted octanol–water partition coefficient (Wildman–Crippen LogP) is -0.233. The smallest absolute Gasteiger partial charge is 0.505 e. The molecule has 0 fully saturated rings. The van der Waals surface area contributed by atoms with E-state index in [1.807, 2.05) is 0 Å². The third-order valence-corrected chi connectivity index (χ3v) is 1.91. The maximum atomic E-state index is 13.1. The van der Waals surface area contributed by atoms with Gasteiger partial charge in [-0.25, -0.2) is 13.2 Å². The number of hydrogen-bond donors (Lipinski definition) is 1. The van der Waals surface area contributed by atoms with Crippen LogP contribution in [0.25, 0.3) is 10.8 Å². The average Bonchev–Trinajstić information content (AvgIpc) is 2.14. The summed E-state index contributed by atoms with van der Waals surface area (Å²) in [5.41, 5.74) is 0. The van der Waals surface area contributed by atoms with Crippen molar-refractivity contribution in [3.8, 4) is 5.75 Å². The molecule has 0 aliphatic heterocycles. The van der Waals surface area contributed by atoms with Gasteiger partial charge in [-0.15, -0.1) is 11.5 Å². The minimum atomic E-state index is -1.45. The van der Waals surface area contributed by atoms with Crippen LogP contribution < -0.4 is 58.2 Å². The maximum Gasteiger partial charge on any atom is 1.00 e. The molecule has 0 spiro atoms. The van der Waals surface area contributed by atoms with Gasteiger partial charge in [0.15, 0.2) is 11.6 Å². The Morgan fingerprint density at radius 1 is 1.13 bits per heavy atom. The fraction of sp³-hybridized carbons (Fsp3) is 0. The van der Waals surface area contributed by atoms with E-state index in [0.717, 1.165) is 6.07 Å². The zero-order valence-electron chi connectivity index (χ0n) is 7.81. The van der Waals surface area contributed by atoms with Crippen LogP contribution in [0.2, 0.25) is 0 Å². The molecule has 2 aromatic carbocycles. The molecule has 0 aliphatic rings. The van der Waals surface area contributed by atoms with Crippen LogP contribution in [-0.2, 0) is 0 Å². The first-order valence-corrected chi connectivity index (χ1v) is 3.78. The minimum Gasteiger partial charge on any atom is -0.505 e. The average molecular weight is 283 g/mol. The predicted molar refractivity (Wildman–Crippen MR) is 44.3 cm³/mol. The second kappa shape index (κ2) is 4.95. The summed E-state index contributed by atoms with van der Waals surface area (Å²) in [6.07, 6.45) is 0. The number of hydrogen-bond acceptors (Lipinski definition) is 1. The summed E-state index contributed by atoms with van der Waals surface area (Å²) >= 11 is 0. The Morgan fingerprint density at radius 2 is 1.80 bits per heavy atom. The van der Waals surface area contributed by atoms with E-state index >= 15 is 0 Å². The Balaban J connectivity index is 0.00000112. The summed E-state index contributed by atoms with van der Waals surface area (Å²) in [7, 11) is 0. The third kappa shape index (κ3) is 2.28. The summed E-state index contributed by atoms with van der Waals surface area (Å²) in [4.78, 5) is 0. The number of phenolic OH excluding ortho intramolecular Hbond substituents is 1. The number of phenols is 1. The van der Waals surface area contributed by atoms with Gasteiger partial charge in [0.05, 0.1) is 0 Å². The summed E-state index contributed by atoms with van der Waals surface area (Å²) in [5, 5.41) is 8.54. The molecule has 0 saturated carbocycles. The molecule has 0 aliphatic carbocycles. The van der Waals surface area contributed by atoms with Crippen molar-refractivity contribution in [3.05, 3.63) is 41.7 Å². The normalized spacial score (nSPS) is 10.1. The first-order chi connectivity index (χ1) is 6.61. The van der Waals surface area contributed by atoms with E-state index in [4.69, 9.17) is 5.11 Å². The van der Waals surface area contributed by atoms with Crippen molar-refractivity contribution in [2.75, 3.05) is 0 Å². The van der Waals surface area contributed by atoms with Crippen LogP contribution >= 0.6 is 0 Å². The van der Waals surface area contributed by atoms with Crippen LogP contribution in [-0.4, -0.2) is 5.11 Å². The van der Waals surface area contributed by atoms with Gasteiger partial charge in [0, 0.05) is 5.82 Å². The van der Waals surface area contributed by atoms with E-state index in [-0.39, 0.29) is 63.6 Å². The third-order valence-electron chi connectivity index (χ3n) is 1.91. The Labute approximate surface area is 133 Å². The summed E-state index contributed by atoms with van der Waals surface area (Å²) in [5.74, 6) is -4.65. The fourth-order valence-electron chi connectivity index (χ4n) is 1.26. The van der Waals surface area contributed by atoms with Crippen molar-refractivity contribution in [1.29, 1.82) is 0 Å². The molecule has 1 N–H and O–H groups in total. The molecule has 2 aromatic rings. The Bertz CT molecular complexity index is 513. The zero-order chi connectivity index (χ0) is 10.3. The van der Waals surface area contributed by atoms with E-state index in [0.29, 0.717) is 0 Å². The van der Waals surface area contributed by atoms with E-state index in [2.05, 4.69) is 6.07 Å². The molecule has 72 valence electrons. The van der Waals surface area contributed by atoms with Crippen molar-refractivity contribution < 1.29 is 76.5 Å². The molecule has 0 heterocycles. The van der Waals surface area contributed by atoms with Gasteiger partial charge in [-0.3, -0.25) is 0 Å². The maximum absolute atomic E-state index is 13.1. The summed E-state index contributed by atoms with van der Waals surface area (Å²) in [6, 6.07) is 5.63. The molecule has 0 saturated heterocycles. The van der Waals surface area contributed by atoms with Gasteiger partial charge in [-0.05, 0) is 6.07 Å². The minimum absolute atomic E-state index is 0. The molecule has 0 radical (unpaired) electrons. The van der Waals surface area contributed by atoms with E-state index in [1.165, 1.54) is 12.1 Å². The molecule has 0 aromatic heterocycles. The molecular weight excluding hydrogens is 279 g/mol. The number of fused-ring (bicyclic) bond motifs is 1. The Morgan fingerprint density at radius 3 is 2.47 bits per heavy atom. The van der Waals surface area contributed by atoms with Gasteiger partial charge in [0.25, 0.3) is 0 Å². The van der Waals surface area contributed by atoms with Crippen molar-refractivity contribution in [1.82, 2.24) is 0 Å². The summed E-state index contributed by atoms with van der Waals surface area (Å²) < 4.78 is 39.0. The number of aromatic hydroxyl groups is 1. The molecule has 2 rings (SSSR count). The molecule has 5 heteroatoms. The first kappa shape index (κ1) is 13.2. The van der Waals surface area contributed by atoms with Gasteiger partial charge in [0.1, 0.15) is 5.82 Å². The number of halogens is 3. The van der Waals surface area contributed by atoms with Crippen molar-refractivity contribution in [2.45, 2.75) is 0 Å². The molecule has 0 atom stereocenters. The van der Waals surface area contributed by atoms with Gasteiger partial charge in [-0.2, -0.15) is 12.1 Å². The molecule has 0 bridgehead atoms. The van der Waals surface area contributed by atoms with E-state index < -0.39 is 28.6 Å². The van der Waals surface area contributed by atoms with Crippen molar-refractivity contribution in [3.63, 3.8) is 0 Å². The topological polar surface area (TPSA) is 20.2 Å². The largest absolute Gasteiger partial charge is 1.00 e. The van der Waals surface area contributed by atoms with Crippen LogP contribution in [0.4, 0.5) is 13.2 Å². The molecule has 1 nitrogen and oxygen atoms in total. The number of benzene rings is 2.